The van der Waals surface area contributed by atoms with Gasteiger partial charge in [0.25, 0.3) is 5.91 Å². The third kappa shape index (κ3) is 4.24. The van der Waals surface area contributed by atoms with E-state index in [4.69, 9.17) is 34.8 Å². The molecule has 29 heavy (non-hydrogen) atoms. The molecule has 0 aliphatic heterocycles. The fourth-order valence-electron chi connectivity index (χ4n) is 2.96. The highest BCUT2D eigenvalue weighted by Gasteiger charge is 2.18. The maximum atomic E-state index is 14.5. The number of benzene rings is 2. The van der Waals surface area contributed by atoms with Crippen LogP contribution in [0, 0.1) is 5.82 Å². The Hall–Kier alpha value is -2.54. The van der Waals surface area contributed by atoms with Crippen LogP contribution >= 0.6 is 34.8 Å². The zero-order valence-electron chi connectivity index (χ0n) is 14.8. The summed E-state index contributed by atoms with van der Waals surface area (Å²) in [6.07, 6.45) is 3.29. The lowest BCUT2D eigenvalue weighted by Crippen LogP contribution is -2.13. The van der Waals surface area contributed by atoms with Crippen LogP contribution in [0.3, 0.4) is 0 Å². The first-order valence-electron chi connectivity index (χ1n) is 8.68. The van der Waals surface area contributed by atoms with E-state index in [2.05, 4.69) is 20.6 Å². The van der Waals surface area contributed by atoms with Crippen LogP contribution in [0.5, 0.6) is 0 Å². The van der Waals surface area contributed by atoms with Crippen LogP contribution in [0.2, 0.25) is 5.02 Å². The topological polar surface area (TPSA) is 69.8 Å². The Morgan fingerprint density at radius 3 is 2.76 bits per heavy atom. The van der Waals surface area contributed by atoms with Crippen LogP contribution in [0.15, 0.2) is 58.2 Å². The minimum Gasteiger partial charge on any atom is -0.324 e. The van der Waals surface area contributed by atoms with E-state index in [1.807, 2.05) is 6.08 Å². The molecule has 9 heteroatoms. The molecule has 0 radical (unpaired) electrons. The molecule has 0 unspecified atom stereocenters. The highest BCUT2D eigenvalue weighted by molar-refractivity contribution is 6.36. The van der Waals surface area contributed by atoms with E-state index >= 15 is 0 Å². The second-order valence-corrected chi connectivity index (χ2v) is 7.69. The van der Waals surface area contributed by atoms with Crippen molar-refractivity contribution in [3.63, 3.8) is 0 Å². The number of nitrogens with zero attached hydrogens (tertiary/aromatic N) is 1. The number of carbonyl (C=O) groups is 1. The van der Waals surface area contributed by atoms with Gasteiger partial charge < -0.3 is 15.6 Å². The van der Waals surface area contributed by atoms with Crippen molar-refractivity contribution in [3.05, 3.63) is 74.6 Å². The Labute approximate surface area is 180 Å². The number of hydrogen-bond donors (Lipinski definition) is 3. The van der Waals surface area contributed by atoms with Crippen molar-refractivity contribution in [2.75, 3.05) is 10.6 Å². The molecule has 3 N–H and O–H groups in total. The van der Waals surface area contributed by atoms with Crippen LogP contribution in [-0.4, -0.2) is 15.9 Å². The van der Waals surface area contributed by atoms with Gasteiger partial charge >= 0.3 is 0 Å². The number of hydrogen-bond acceptors (Lipinski definition) is 3. The second kappa shape index (κ2) is 8.06. The third-order valence-corrected chi connectivity index (χ3v) is 5.30. The zero-order chi connectivity index (χ0) is 20.5. The predicted molar refractivity (Wildman–Crippen MR) is 115 cm³/mol. The Morgan fingerprint density at radius 2 is 2.00 bits per heavy atom. The van der Waals surface area contributed by atoms with Crippen LogP contribution in [-0.2, 0) is 0 Å². The number of H-pyrrole nitrogens is 1. The van der Waals surface area contributed by atoms with Crippen LogP contribution < -0.4 is 10.6 Å². The van der Waals surface area contributed by atoms with Crippen molar-refractivity contribution in [1.82, 2.24) is 9.97 Å². The fourth-order valence-corrected chi connectivity index (χ4v) is 3.72. The minimum atomic E-state index is -0.680. The predicted octanol–water partition coefficient (Wildman–Crippen LogP) is 6.39. The molecule has 1 aliphatic rings. The van der Waals surface area contributed by atoms with Crippen molar-refractivity contribution < 1.29 is 9.18 Å². The number of halogens is 4. The normalized spacial score (nSPS) is 14.1. The summed E-state index contributed by atoms with van der Waals surface area (Å²) >= 11 is 18.3. The number of aromatic nitrogens is 2. The van der Waals surface area contributed by atoms with Gasteiger partial charge in [0.05, 0.1) is 27.3 Å². The number of aromatic amines is 1. The Balaban J connectivity index is 1.62. The largest absolute Gasteiger partial charge is 0.324 e. The van der Waals surface area contributed by atoms with Gasteiger partial charge in [-0.1, -0.05) is 46.9 Å². The first kappa shape index (κ1) is 19.8. The summed E-state index contributed by atoms with van der Waals surface area (Å²) in [5.41, 5.74) is 1.72. The van der Waals surface area contributed by atoms with Gasteiger partial charge in [-0.3, -0.25) is 4.79 Å². The molecule has 2 aromatic carbocycles. The van der Waals surface area contributed by atoms with E-state index < -0.39 is 11.7 Å². The van der Waals surface area contributed by atoms with E-state index in [1.165, 1.54) is 12.1 Å². The van der Waals surface area contributed by atoms with Gasteiger partial charge in [0.2, 0.25) is 5.95 Å². The molecule has 1 amide bonds. The molecule has 148 valence electrons. The summed E-state index contributed by atoms with van der Waals surface area (Å²) in [6.45, 7) is 0. The lowest BCUT2D eigenvalue weighted by atomic mass is 10.1. The Bertz CT molecular complexity index is 1190. The molecular weight excluding hydrogens is 438 g/mol. The lowest BCUT2D eigenvalue weighted by Gasteiger charge is -2.14. The third-order valence-electron chi connectivity index (χ3n) is 4.34. The molecule has 1 aliphatic carbocycles. The van der Waals surface area contributed by atoms with Crippen LogP contribution in [0.25, 0.3) is 11.0 Å². The average molecular weight is 452 g/mol. The Kier molecular flexibility index (Phi) is 5.50. The van der Waals surface area contributed by atoms with E-state index in [1.54, 1.807) is 24.3 Å². The van der Waals surface area contributed by atoms with E-state index in [0.29, 0.717) is 49.9 Å². The van der Waals surface area contributed by atoms with Crippen molar-refractivity contribution in [1.29, 1.82) is 0 Å². The van der Waals surface area contributed by atoms with Gasteiger partial charge in [-0.15, -0.1) is 0 Å². The van der Waals surface area contributed by atoms with Gasteiger partial charge in [0, 0.05) is 21.8 Å². The fraction of sp³-hybridized carbons (Fsp3) is 0.100. The van der Waals surface area contributed by atoms with Crippen molar-refractivity contribution in [2.24, 2.45) is 0 Å². The number of allylic oxidation sites excluding steroid dienone is 3. The SMILES string of the molecule is O=C(Nc1cccc(Cl)c1)c1cc2nc(NC3=C(Cl)CCC=C3Cl)[nH]c2cc1F. The number of anilines is 2. The van der Waals surface area contributed by atoms with Gasteiger partial charge in [-0.2, -0.15) is 0 Å². The van der Waals surface area contributed by atoms with Gasteiger partial charge in [-0.05, 0) is 37.1 Å². The molecule has 1 heterocycles. The standard InChI is InChI=1S/C20H14Cl3FN4O/c21-10-3-1-4-11(7-10)25-19(29)12-8-16-17(9-15(12)24)27-20(26-16)28-18-13(22)5-2-6-14(18)23/h1,3-5,7-9H,2,6H2,(H,25,29)(H2,26,27,28). The molecule has 3 aromatic rings. The van der Waals surface area contributed by atoms with Gasteiger partial charge in [-0.25, -0.2) is 9.37 Å². The highest BCUT2D eigenvalue weighted by atomic mass is 35.5. The molecule has 0 atom stereocenters. The number of amides is 1. The summed E-state index contributed by atoms with van der Waals surface area (Å²) in [4.78, 5) is 19.8. The maximum Gasteiger partial charge on any atom is 0.258 e. The van der Waals surface area contributed by atoms with Crippen LogP contribution in [0.1, 0.15) is 23.2 Å². The highest BCUT2D eigenvalue weighted by Crippen LogP contribution is 2.31. The summed E-state index contributed by atoms with van der Waals surface area (Å²) in [5.74, 6) is -0.943. The molecule has 0 spiro atoms. The average Bonchev–Trinajstić information content (AvgIpc) is 3.05. The molecule has 0 fully saturated rings. The van der Waals surface area contributed by atoms with Gasteiger partial charge in [0.15, 0.2) is 0 Å². The molecule has 0 saturated heterocycles. The second-order valence-electron chi connectivity index (χ2n) is 6.39. The number of nitrogens with one attached hydrogen (secondary N) is 3. The van der Waals surface area contributed by atoms with E-state index in [0.717, 1.165) is 6.42 Å². The zero-order valence-corrected chi connectivity index (χ0v) is 17.1. The first-order chi connectivity index (χ1) is 13.9. The van der Waals surface area contributed by atoms with Gasteiger partial charge in [0.1, 0.15) is 5.82 Å². The monoisotopic (exact) mass is 450 g/mol. The summed E-state index contributed by atoms with van der Waals surface area (Å²) in [7, 11) is 0. The van der Waals surface area contributed by atoms with Crippen LogP contribution in [0.4, 0.5) is 16.0 Å². The molecule has 0 bridgehead atoms. The lowest BCUT2D eigenvalue weighted by molar-refractivity contribution is 0.102. The van der Waals surface area contributed by atoms with E-state index in [-0.39, 0.29) is 5.56 Å². The minimum absolute atomic E-state index is 0.136. The smallest absolute Gasteiger partial charge is 0.258 e. The van der Waals surface area contributed by atoms with E-state index in [9.17, 15) is 9.18 Å². The molecule has 4 rings (SSSR count). The summed E-state index contributed by atoms with van der Waals surface area (Å²) < 4.78 is 14.5. The van der Waals surface area contributed by atoms with Crippen molar-refractivity contribution >= 4 is 63.4 Å². The number of carbonyl (C=O) groups excluding carboxylic acids is 1. The maximum absolute atomic E-state index is 14.5. The number of fused-ring (bicyclic) bond motifs is 1. The number of imidazole rings is 1. The molecular formula is C20H14Cl3FN4O. The number of rotatable bonds is 4. The summed E-state index contributed by atoms with van der Waals surface area (Å²) in [5, 5.41) is 7.20. The molecule has 5 nitrogen and oxygen atoms in total. The molecule has 1 aromatic heterocycles. The quantitative estimate of drug-likeness (QED) is 0.431. The van der Waals surface area contributed by atoms with Crippen molar-refractivity contribution in [3.8, 4) is 0 Å². The Morgan fingerprint density at radius 1 is 1.17 bits per heavy atom. The first-order valence-corrected chi connectivity index (χ1v) is 9.82. The molecule has 0 saturated carbocycles. The van der Waals surface area contributed by atoms with Crippen molar-refractivity contribution in [2.45, 2.75) is 12.8 Å². The summed E-state index contributed by atoms with van der Waals surface area (Å²) in [6, 6.07) is 9.20.